The number of unbranched alkanes of at least 4 members (excludes halogenated alkanes) is 2. The van der Waals surface area contributed by atoms with Gasteiger partial charge in [-0.25, -0.2) is 0 Å². The van der Waals surface area contributed by atoms with E-state index in [-0.39, 0.29) is 75.3 Å². The highest BCUT2D eigenvalue weighted by Crippen LogP contribution is 2.19. The van der Waals surface area contributed by atoms with E-state index >= 15 is 0 Å². The number of aliphatic hydroxyl groups excluding tert-OH is 1. The summed E-state index contributed by atoms with van der Waals surface area (Å²) in [6, 6.07) is -3.36. The molecule has 0 aliphatic heterocycles. The number of amides is 9. The molecule has 6 unspecified atom stereocenters. The minimum Gasteiger partial charge on any atom is -0.481 e. The first-order valence-electron chi connectivity index (χ1n) is 22.8. The molecule has 0 saturated heterocycles. The Kier molecular flexibility index (Phi) is 34.9. The maximum atomic E-state index is 13.6. The summed E-state index contributed by atoms with van der Waals surface area (Å²) in [4.78, 5) is 122. The molecular weight excluding hydrogens is 859 g/mol. The lowest BCUT2D eigenvalue weighted by Gasteiger charge is -2.33. The average molecular weight is 942 g/mol. The number of aliphatic carboxylic acids is 1. The van der Waals surface area contributed by atoms with Crippen LogP contribution in [0.15, 0.2) is 12.2 Å². The van der Waals surface area contributed by atoms with Crippen molar-refractivity contribution in [1.29, 1.82) is 0 Å². The fourth-order valence-electron chi connectivity index (χ4n) is 5.85. The Balaban J connectivity index is -0.00000399. The first-order chi connectivity index (χ1) is 30.7. The molecule has 0 rings (SSSR count). The molecule has 380 valence electrons. The third-order valence-corrected chi connectivity index (χ3v) is 10.3. The van der Waals surface area contributed by atoms with Gasteiger partial charge in [-0.05, 0) is 84.5 Å². The maximum Gasteiger partial charge on any atom is 0.305 e. The van der Waals surface area contributed by atoms with Crippen molar-refractivity contribution < 1.29 is 58.2 Å². The largest absolute Gasteiger partial charge is 0.481 e. The summed E-state index contributed by atoms with van der Waals surface area (Å²) in [7, 11) is 1.43. The minimum atomic E-state index is -1.60. The Bertz CT molecular complexity index is 1580. The predicted molar refractivity (Wildman–Crippen MR) is 251 cm³/mol. The van der Waals surface area contributed by atoms with Gasteiger partial charge in [0.2, 0.25) is 53.7 Å². The zero-order valence-electron chi connectivity index (χ0n) is 41.2. The van der Waals surface area contributed by atoms with Gasteiger partial charge in [0.1, 0.15) is 29.2 Å². The van der Waals surface area contributed by atoms with Gasteiger partial charge in [0.05, 0.1) is 13.0 Å². The number of carboxylic acids is 1. The quantitative estimate of drug-likeness (QED) is 0.0264. The third kappa shape index (κ3) is 29.0. The Morgan fingerprint density at radius 2 is 1.18 bits per heavy atom. The average Bonchev–Trinajstić information content (AvgIpc) is 3.22. The maximum absolute atomic E-state index is 13.6. The van der Waals surface area contributed by atoms with Gasteiger partial charge in [-0.3, -0.25) is 47.9 Å². The monoisotopic (exact) mass is 942 g/mol. The van der Waals surface area contributed by atoms with Crippen molar-refractivity contribution in [3.8, 4) is 0 Å². The highest BCUT2D eigenvalue weighted by Gasteiger charge is 2.39. The second-order valence-electron chi connectivity index (χ2n) is 17.0. The molecule has 21 heteroatoms. The van der Waals surface area contributed by atoms with Gasteiger partial charge < -0.3 is 58.9 Å². The van der Waals surface area contributed by atoms with Crippen LogP contribution in [-0.4, -0.2) is 119 Å². The molecule has 0 saturated carbocycles. The molecule has 66 heavy (non-hydrogen) atoms. The van der Waals surface area contributed by atoms with Crippen molar-refractivity contribution >= 4 is 59.6 Å². The Hall–Kier alpha value is -5.60. The fourth-order valence-corrected chi connectivity index (χ4v) is 5.85. The van der Waals surface area contributed by atoms with Crippen LogP contribution in [0.3, 0.4) is 0 Å². The highest BCUT2D eigenvalue weighted by molar-refractivity contribution is 5.97. The Labute approximate surface area is 391 Å². The van der Waals surface area contributed by atoms with E-state index < -0.39 is 82.9 Å². The molecule has 21 nitrogen and oxygen atoms in total. The Morgan fingerprint density at radius 3 is 1.59 bits per heavy atom. The smallest absolute Gasteiger partial charge is 0.305 e. The molecule has 0 spiro atoms. The normalized spacial score (nSPS) is 14.8. The van der Waals surface area contributed by atoms with Crippen molar-refractivity contribution in [3.63, 3.8) is 0 Å². The molecule has 7 atom stereocenters. The van der Waals surface area contributed by atoms with Crippen LogP contribution in [0.4, 0.5) is 0 Å². The number of primary amides is 2. The Morgan fingerprint density at radius 1 is 0.682 bits per heavy atom. The molecular formula is C45H83N9O12. The van der Waals surface area contributed by atoms with Gasteiger partial charge in [-0.1, -0.05) is 66.5 Å². The standard InChI is InChI=1S/C39H68N8O10.C3H7NO2.C3H8/c1-10-25(4)26(5)43-33(53)27(6)44-36(56)38(7,46-30(50)19-17-18-29(40)49)20-15-13-11-12-14-16-21-39(8,37(57)45-32(24(2)3)35(55)41-9)47-34(54)28(42-23-48)22-31(51)52;4-3(6)1-2-5;1-3-2/h11-12,23-28,32H,10,13-22H2,1-9H3,(H2,40,49)(H,41,55)(H,42,48)(H,43,53)(H,44,56)(H,45,57)(H,46,50)(H,47,54)(H,51,52);5H,1-2H2,(H2,4,6);3H2,1-2H3/b12-11+;;/t25-,26?,27?,28?,32?,38?,39?;;/m0../s1. The first-order valence-corrected chi connectivity index (χ1v) is 22.8. The molecule has 0 aromatic carbocycles. The summed E-state index contributed by atoms with van der Waals surface area (Å²) >= 11 is 0. The number of carbonyl (C=O) groups excluding carboxylic acids is 9. The van der Waals surface area contributed by atoms with Crippen molar-refractivity contribution in [2.45, 2.75) is 188 Å². The second kappa shape index (κ2) is 35.6. The molecule has 0 aliphatic rings. The fraction of sp³-hybridized carbons (Fsp3) is 0.733. The zero-order chi connectivity index (χ0) is 51.6. The van der Waals surface area contributed by atoms with Crippen LogP contribution in [0.5, 0.6) is 0 Å². The van der Waals surface area contributed by atoms with E-state index in [9.17, 15) is 53.1 Å². The van der Waals surface area contributed by atoms with E-state index in [1.807, 2.05) is 32.9 Å². The van der Waals surface area contributed by atoms with Crippen LogP contribution in [0.2, 0.25) is 0 Å². The van der Waals surface area contributed by atoms with Crippen LogP contribution >= 0.6 is 0 Å². The van der Waals surface area contributed by atoms with Gasteiger partial charge >= 0.3 is 5.97 Å². The van der Waals surface area contributed by atoms with Gasteiger partial charge in [-0.2, -0.15) is 0 Å². The van der Waals surface area contributed by atoms with E-state index in [1.54, 1.807) is 27.7 Å². The van der Waals surface area contributed by atoms with Crippen LogP contribution < -0.4 is 48.7 Å². The number of carbonyl (C=O) groups is 10. The number of nitrogens with one attached hydrogen (secondary N) is 7. The molecule has 0 heterocycles. The van der Waals surface area contributed by atoms with Gasteiger partial charge in [0.25, 0.3) is 0 Å². The van der Waals surface area contributed by atoms with E-state index in [2.05, 4.69) is 56.8 Å². The van der Waals surface area contributed by atoms with Crippen molar-refractivity contribution in [2.24, 2.45) is 23.3 Å². The first kappa shape index (κ1) is 64.7. The van der Waals surface area contributed by atoms with Crippen LogP contribution in [-0.2, 0) is 47.9 Å². The predicted octanol–water partition coefficient (Wildman–Crippen LogP) is 1.09. The molecule has 9 amide bonds. The minimum absolute atomic E-state index is 0.0139. The molecule has 13 N–H and O–H groups in total. The summed E-state index contributed by atoms with van der Waals surface area (Å²) in [6.07, 6.45) is 7.64. The van der Waals surface area contributed by atoms with E-state index in [1.165, 1.54) is 20.4 Å². The third-order valence-electron chi connectivity index (χ3n) is 10.3. The van der Waals surface area contributed by atoms with Crippen LogP contribution in [0, 0.1) is 11.8 Å². The lowest BCUT2D eigenvalue weighted by molar-refractivity contribution is -0.141. The summed E-state index contributed by atoms with van der Waals surface area (Å²) in [6.45, 7) is 18.1. The molecule has 0 aliphatic carbocycles. The van der Waals surface area contributed by atoms with Crippen molar-refractivity contribution in [1.82, 2.24) is 37.2 Å². The molecule has 0 fully saturated rings. The zero-order valence-corrected chi connectivity index (χ0v) is 41.2. The number of hydrogen-bond acceptors (Lipinski definition) is 11. The van der Waals surface area contributed by atoms with E-state index in [0.717, 1.165) is 6.42 Å². The summed E-state index contributed by atoms with van der Waals surface area (Å²) < 4.78 is 0. The van der Waals surface area contributed by atoms with Gasteiger partial charge in [-0.15, -0.1) is 0 Å². The topological polar surface area (TPSA) is 347 Å². The molecule has 0 aromatic heterocycles. The number of nitrogens with two attached hydrogens (primary N) is 2. The van der Waals surface area contributed by atoms with E-state index in [0.29, 0.717) is 25.7 Å². The lowest BCUT2D eigenvalue weighted by Crippen LogP contribution is -2.63. The van der Waals surface area contributed by atoms with Gasteiger partial charge in [0, 0.05) is 32.4 Å². The number of allylic oxidation sites excluding steroid dienone is 2. The van der Waals surface area contributed by atoms with Gasteiger partial charge in [0.15, 0.2) is 0 Å². The number of likely N-dealkylation sites (N-methyl/N-ethyl adjacent to an activating group) is 1. The van der Waals surface area contributed by atoms with Crippen molar-refractivity contribution in [2.75, 3.05) is 13.7 Å². The van der Waals surface area contributed by atoms with Crippen LogP contribution in [0.1, 0.15) is 153 Å². The summed E-state index contributed by atoms with van der Waals surface area (Å²) in [5.41, 5.74) is 6.81. The highest BCUT2D eigenvalue weighted by atomic mass is 16.4. The van der Waals surface area contributed by atoms with E-state index in [4.69, 9.17) is 10.8 Å². The number of carboxylic acid groups (broad SMARTS) is 1. The SMILES string of the molecule is CCC.CC[C@H](C)C(C)NC(=O)C(C)NC(=O)C(C)(CCC/C=C/CCCC(C)(NC(=O)C(CC(=O)O)NC=O)C(=O)NC(C(=O)NC)C(C)C)NC(=O)CCCC(N)=O.NC(=O)CCO. The number of aliphatic hydroxyl groups is 1. The summed E-state index contributed by atoms with van der Waals surface area (Å²) in [5, 5.41) is 35.5. The molecule has 0 radical (unpaired) electrons. The van der Waals surface area contributed by atoms with Crippen molar-refractivity contribution in [3.05, 3.63) is 12.2 Å². The molecule has 0 bridgehead atoms. The summed E-state index contributed by atoms with van der Waals surface area (Å²) in [5.74, 6) is -5.77. The second-order valence-corrected chi connectivity index (χ2v) is 17.0. The lowest BCUT2D eigenvalue weighted by atomic mass is 9.91. The molecule has 0 aromatic rings. The van der Waals surface area contributed by atoms with Crippen LogP contribution in [0.25, 0.3) is 0 Å². The number of rotatable bonds is 31. The number of hydrogen-bond donors (Lipinski definition) is 11.